The highest BCUT2D eigenvalue weighted by atomic mass is 16.6. The molecule has 1 aromatic heterocycles. The summed E-state index contributed by atoms with van der Waals surface area (Å²) in [5.41, 5.74) is 3.55. The minimum absolute atomic E-state index is 0.311. The summed E-state index contributed by atoms with van der Waals surface area (Å²) in [6, 6.07) is 23.3. The summed E-state index contributed by atoms with van der Waals surface area (Å²) in [5, 5.41) is 6.65. The largest absolute Gasteiger partial charge is 0.413 e. The molecule has 0 bridgehead atoms. The van der Waals surface area contributed by atoms with E-state index in [1.165, 1.54) is 0 Å². The van der Waals surface area contributed by atoms with Crippen LogP contribution in [0, 0.1) is 6.92 Å². The number of H-pyrrole nitrogens is 1. The van der Waals surface area contributed by atoms with Gasteiger partial charge < -0.3 is 20.4 Å². The maximum Gasteiger partial charge on any atom is 0.413 e. The van der Waals surface area contributed by atoms with E-state index in [9.17, 15) is 9.59 Å². The first-order valence-corrected chi connectivity index (χ1v) is 10.0. The van der Waals surface area contributed by atoms with Crippen LogP contribution in [-0.2, 0) is 11.2 Å². The smallest absolute Gasteiger partial charge is 0.410 e. The van der Waals surface area contributed by atoms with E-state index in [0.717, 1.165) is 22.0 Å². The zero-order valence-corrected chi connectivity index (χ0v) is 17.1. The molecule has 1 atom stereocenters. The van der Waals surface area contributed by atoms with Crippen LogP contribution in [0.25, 0.3) is 10.9 Å². The van der Waals surface area contributed by atoms with E-state index in [2.05, 4.69) is 15.6 Å². The number of aryl methyl sites for hydroxylation is 1. The van der Waals surface area contributed by atoms with Gasteiger partial charge in [0.15, 0.2) is 0 Å². The van der Waals surface area contributed by atoms with Crippen molar-refractivity contribution < 1.29 is 14.3 Å². The number of amides is 2. The average molecular weight is 413 g/mol. The molecule has 0 fully saturated rings. The Morgan fingerprint density at radius 3 is 2.45 bits per heavy atom. The maximum absolute atomic E-state index is 13.1. The molecule has 4 rings (SSSR count). The van der Waals surface area contributed by atoms with E-state index in [1.807, 2.05) is 67.7 Å². The molecule has 2 amide bonds. The molecule has 0 aliphatic rings. The molecule has 1 unspecified atom stereocenters. The number of anilines is 1. The molecule has 6 nitrogen and oxygen atoms in total. The number of para-hydroxylation sites is 3. The summed E-state index contributed by atoms with van der Waals surface area (Å²) < 4.78 is 5.34. The van der Waals surface area contributed by atoms with Crippen LogP contribution in [0.3, 0.4) is 0 Å². The standard InChI is InChI=1S/C25H23N3O3/c1-17-9-5-7-13-21(17)27-24(29)23(28-25(30)31-19-10-3-2-4-11-19)15-18-16-26-22-14-8-6-12-20(18)22/h2-14,16,23,26H,15H2,1H3,(H,27,29)(H,28,30). The fourth-order valence-electron chi connectivity index (χ4n) is 3.43. The number of aromatic nitrogens is 1. The van der Waals surface area contributed by atoms with Crippen LogP contribution in [0.15, 0.2) is 85.1 Å². The zero-order valence-electron chi connectivity index (χ0n) is 17.1. The summed E-state index contributed by atoms with van der Waals surface area (Å²) in [6.07, 6.45) is 1.49. The van der Waals surface area contributed by atoms with Crippen molar-refractivity contribution in [2.75, 3.05) is 5.32 Å². The van der Waals surface area contributed by atoms with Crippen molar-refractivity contribution in [3.8, 4) is 5.75 Å². The van der Waals surface area contributed by atoms with Crippen LogP contribution >= 0.6 is 0 Å². The van der Waals surface area contributed by atoms with E-state index in [4.69, 9.17) is 4.74 Å². The highest BCUT2D eigenvalue weighted by molar-refractivity contribution is 5.98. The van der Waals surface area contributed by atoms with Gasteiger partial charge in [-0.15, -0.1) is 0 Å². The Hall–Kier alpha value is -4.06. The van der Waals surface area contributed by atoms with Gasteiger partial charge in [-0.25, -0.2) is 4.79 Å². The summed E-state index contributed by atoms with van der Waals surface area (Å²) in [4.78, 5) is 28.8. The first kappa shape index (κ1) is 20.2. The van der Waals surface area contributed by atoms with Gasteiger partial charge in [0.25, 0.3) is 0 Å². The molecule has 1 heterocycles. The number of carbonyl (C=O) groups excluding carboxylic acids is 2. The molecule has 4 aromatic rings. The number of hydrogen-bond acceptors (Lipinski definition) is 3. The van der Waals surface area contributed by atoms with Crippen LogP contribution in [0.5, 0.6) is 5.75 Å². The lowest BCUT2D eigenvalue weighted by Gasteiger charge is -2.19. The predicted molar refractivity (Wildman–Crippen MR) is 121 cm³/mol. The average Bonchev–Trinajstić information content (AvgIpc) is 3.18. The van der Waals surface area contributed by atoms with Crippen molar-refractivity contribution in [1.29, 1.82) is 0 Å². The molecule has 0 aliphatic carbocycles. The minimum Gasteiger partial charge on any atom is -0.410 e. The monoisotopic (exact) mass is 413 g/mol. The summed E-state index contributed by atoms with van der Waals surface area (Å²) >= 11 is 0. The van der Waals surface area contributed by atoms with Crippen LogP contribution in [0.1, 0.15) is 11.1 Å². The van der Waals surface area contributed by atoms with Gasteiger partial charge in [-0.3, -0.25) is 4.79 Å². The highest BCUT2D eigenvalue weighted by Crippen LogP contribution is 2.20. The molecule has 3 aromatic carbocycles. The Morgan fingerprint density at radius 2 is 1.65 bits per heavy atom. The number of benzene rings is 3. The van der Waals surface area contributed by atoms with E-state index in [-0.39, 0.29) is 5.91 Å². The predicted octanol–water partition coefficient (Wildman–Crippen LogP) is 4.81. The van der Waals surface area contributed by atoms with Crippen molar-refractivity contribution in [3.63, 3.8) is 0 Å². The number of fused-ring (bicyclic) bond motifs is 1. The highest BCUT2D eigenvalue weighted by Gasteiger charge is 2.24. The Morgan fingerprint density at radius 1 is 0.935 bits per heavy atom. The molecule has 31 heavy (non-hydrogen) atoms. The van der Waals surface area contributed by atoms with E-state index in [1.54, 1.807) is 24.3 Å². The molecule has 0 saturated heterocycles. The Bertz CT molecular complexity index is 1200. The zero-order chi connectivity index (χ0) is 21.6. The molecule has 0 saturated carbocycles. The summed E-state index contributed by atoms with van der Waals surface area (Å²) in [7, 11) is 0. The van der Waals surface area contributed by atoms with Gasteiger partial charge in [-0.2, -0.15) is 0 Å². The van der Waals surface area contributed by atoms with Gasteiger partial charge in [0.2, 0.25) is 5.91 Å². The second kappa shape index (κ2) is 9.17. The molecule has 3 N–H and O–H groups in total. The summed E-state index contributed by atoms with van der Waals surface area (Å²) in [6.45, 7) is 1.92. The first-order chi connectivity index (χ1) is 15.1. The first-order valence-electron chi connectivity index (χ1n) is 10.0. The number of ether oxygens (including phenoxy) is 1. The molecule has 156 valence electrons. The van der Waals surface area contributed by atoms with Gasteiger partial charge in [0.1, 0.15) is 11.8 Å². The van der Waals surface area contributed by atoms with Crippen molar-refractivity contribution in [2.24, 2.45) is 0 Å². The van der Waals surface area contributed by atoms with E-state index >= 15 is 0 Å². The number of hydrogen-bond donors (Lipinski definition) is 3. The molecule has 0 spiro atoms. The van der Waals surface area contributed by atoms with E-state index < -0.39 is 12.1 Å². The van der Waals surface area contributed by atoms with Gasteiger partial charge in [-0.05, 0) is 42.3 Å². The number of rotatable bonds is 6. The fraction of sp³-hybridized carbons (Fsp3) is 0.120. The lowest BCUT2D eigenvalue weighted by Crippen LogP contribution is -2.46. The van der Waals surface area contributed by atoms with Crippen LogP contribution in [0.2, 0.25) is 0 Å². The molecule has 0 aliphatic heterocycles. The third kappa shape index (κ3) is 4.93. The second-order valence-corrected chi connectivity index (χ2v) is 7.27. The molecule has 6 heteroatoms. The summed E-state index contributed by atoms with van der Waals surface area (Å²) in [5.74, 6) is 0.0924. The van der Waals surface area contributed by atoms with Crippen LogP contribution in [-0.4, -0.2) is 23.0 Å². The Kier molecular flexibility index (Phi) is 5.98. The molecular formula is C25H23N3O3. The van der Waals surface area contributed by atoms with E-state index in [0.29, 0.717) is 17.9 Å². The van der Waals surface area contributed by atoms with Gasteiger partial charge in [-0.1, -0.05) is 54.6 Å². The van der Waals surface area contributed by atoms with Crippen LogP contribution < -0.4 is 15.4 Å². The van der Waals surface area contributed by atoms with Crippen molar-refractivity contribution in [3.05, 3.63) is 96.2 Å². The van der Waals surface area contributed by atoms with Gasteiger partial charge in [0, 0.05) is 29.2 Å². The third-order valence-electron chi connectivity index (χ3n) is 5.06. The van der Waals surface area contributed by atoms with Gasteiger partial charge >= 0.3 is 6.09 Å². The molecule has 0 radical (unpaired) electrons. The topological polar surface area (TPSA) is 83.2 Å². The van der Waals surface area contributed by atoms with Crippen molar-refractivity contribution in [1.82, 2.24) is 10.3 Å². The number of nitrogens with one attached hydrogen (secondary N) is 3. The number of aromatic amines is 1. The molecular weight excluding hydrogens is 390 g/mol. The Labute approximate surface area is 180 Å². The lowest BCUT2D eigenvalue weighted by atomic mass is 10.0. The lowest BCUT2D eigenvalue weighted by molar-refractivity contribution is -0.118. The van der Waals surface area contributed by atoms with Crippen molar-refractivity contribution >= 4 is 28.6 Å². The quantitative estimate of drug-likeness (QED) is 0.424. The maximum atomic E-state index is 13.1. The normalized spacial score (nSPS) is 11.6. The van der Waals surface area contributed by atoms with Crippen molar-refractivity contribution in [2.45, 2.75) is 19.4 Å². The second-order valence-electron chi connectivity index (χ2n) is 7.27. The Balaban J connectivity index is 1.55. The number of carbonyl (C=O) groups is 2. The minimum atomic E-state index is -0.824. The van der Waals surface area contributed by atoms with Gasteiger partial charge in [0.05, 0.1) is 0 Å². The fourth-order valence-corrected chi connectivity index (χ4v) is 3.43. The SMILES string of the molecule is Cc1ccccc1NC(=O)C(Cc1c[nH]c2ccccc12)NC(=O)Oc1ccccc1. The van der Waals surface area contributed by atoms with Crippen LogP contribution in [0.4, 0.5) is 10.5 Å². The third-order valence-corrected chi connectivity index (χ3v) is 5.06.